The van der Waals surface area contributed by atoms with Crippen LogP contribution in [0.15, 0.2) is 61.1 Å². The van der Waals surface area contributed by atoms with Gasteiger partial charge < -0.3 is 5.32 Å². The number of imidazole rings is 1. The molecule has 1 aromatic carbocycles. The summed E-state index contributed by atoms with van der Waals surface area (Å²) in [6.45, 7) is 10.6. The lowest BCUT2D eigenvalue weighted by Gasteiger charge is -2.53. The number of nitrogens with one attached hydrogen (secondary N) is 1. The predicted octanol–water partition coefficient (Wildman–Crippen LogP) is 5.89. The molecule has 3 aromatic heterocycles. The molecular weight excluding hydrogens is 465 g/mol. The first-order chi connectivity index (χ1) is 17.5. The number of aromatic nitrogens is 3. The minimum absolute atomic E-state index is 0.0260. The molecule has 4 aromatic rings. The SMILES string of the molecule is Cc1cc(-c2ncccc2-c2ccc3ncc(C(=O)NC4CC(C)(C)N(C)C(C)(C)C4)n3c2)ccc1F. The van der Waals surface area contributed by atoms with Crippen LogP contribution in [0.4, 0.5) is 4.39 Å². The van der Waals surface area contributed by atoms with Gasteiger partial charge in [-0.2, -0.15) is 0 Å². The highest BCUT2D eigenvalue weighted by Crippen LogP contribution is 2.37. The van der Waals surface area contributed by atoms with Gasteiger partial charge in [-0.25, -0.2) is 9.37 Å². The van der Waals surface area contributed by atoms with Crippen molar-refractivity contribution in [1.29, 1.82) is 0 Å². The van der Waals surface area contributed by atoms with E-state index in [0.29, 0.717) is 16.9 Å². The molecule has 0 saturated carbocycles. The van der Waals surface area contributed by atoms with Crippen LogP contribution in [-0.2, 0) is 0 Å². The molecule has 0 aliphatic carbocycles. The Morgan fingerprint density at radius 2 is 1.73 bits per heavy atom. The van der Waals surface area contributed by atoms with Crippen molar-refractivity contribution in [2.24, 2.45) is 0 Å². The van der Waals surface area contributed by atoms with Crippen LogP contribution in [0.25, 0.3) is 28.0 Å². The number of pyridine rings is 2. The predicted molar refractivity (Wildman–Crippen MR) is 145 cm³/mol. The zero-order valence-electron chi connectivity index (χ0n) is 22.3. The Hall–Kier alpha value is -3.58. The Morgan fingerprint density at radius 3 is 2.43 bits per heavy atom. The summed E-state index contributed by atoms with van der Waals surface area (Å²) in [6, 6.07) is 12.8. The Balaban J connectivity index is 1.48. The molecule has 192 valence electrons. The quantitative estimate of drug-likeness (QED) is 0.380. The third-order valence-corrected chi connectivity index (χ3v) is 7.93. The summed E-state index contributed by atoms with van der Waals surface area (Å²) in [5.74, 6) is -0.375. The lowest BCUT2D eigenvalue weighted by Crippen LogP contribution is -2.62. The van der Waals surface area contributed by atoms with Gasteiger partial charge in [-0.15, -0.1) is 0 Å². The van der Waals surface area contributed by atoms with Crippen molar-refractivity contribution in [2.75, 3.05) is 7.05 Å². The Labute approximate surface area is 217 Å². The fourth-order valence-electron chi connectivity index (χ4n) is 5.70. The van der Waals surface area contributed by atoms with Gasteiger partial charge in [0.2, 0.25) is 0 Å². The number of likely N-dealkylation sites (tertiary alicyclic amines) is 1. The van der Waals surface area contributed by atoms with E-state index < -0.39 is 0 Å². The lowest BCUT2D eigenvalue weighted by atomic mass is 9.77. The molecule has 7 heteroatoms. The second-order valence-electron chi connectivity index (χ2n) is 11.4. The number of carbonyl (C=O) groups is 1. The zero-order chi connectivity index (χ0) is 26.5. The fraction of sp³-hybridized carbons (Fsp3) is 0.367. The number of piperidine rings is 1. The third-order valence-electron chi connectivity index (χ3n) is 7.93. The van der Waals surface area contributed by atoms with E-state index in [4.69, 9.17) is 0 Å². The van der Waals surface area contributed by atoms with Gasteiger partial charge in [-0.1, -0.05) is 6.07 Å². The van der Waals surface area contributed by atoms with Gasteiger partial charge >= 0.3 is 0 Å². The maximum Gasteiger partial charge on any atom is 0.270 e. The molecule has 1 aliphatic rings. The minimum atomic E-state index is -0.242. The number of amides is 1. The Morgan fingerprint density at radius 1 is 1.03 bits per heavy atom. The van der Waals surface area contributed by atoms with Crippen molar-refractivity contribution in [2.45, 2.75) is 64.6 Å². The number of halogens is 1. The minimum Gasteiger partial charge on any atom is -0.348 e. The van der Waals surface area contributed by atoms with Gasteiger partial charge in [0.05, 0.1) is 11.9 Å². The lowest BCUT2D eigenvalue weighted by molar-refractivity contribution is -0.0169. The van der Waals surface area contributed by atoms with Gasteiger partial charge in [0.15, 0.2) is 0 Å². The standard InChI is InChI=1S/C30H34FN5O/c1-19-14-20(9-11-24(19)31)27-23(8-7-13-32-27)21-10-12-26-33-17-25(36(26)18-21)28(37)34-22-15-29(2,3)35(6)30(4,5)16-22/h7-14,17-18,22H,15-16H2,1-6H3,(H,34,37). The molecule has 1 saturated heterocycles. The van der Waals surface area contributed by atoms with Crippen LogP contribution < -0.4 is 5.32 Å². The second kappa shape index (κ2) is 9.06. The molecular formula is C30H34FN5O. The molecule has 0 bridgehead atoms. The smallest absolute Gasteiger partial charge is 0.270 e. The first-order valence-corrected chi connectivity index (χ1v) is 12.7. The van der Waals surface area contributed by atoms with Crippen LogP contribution in [0.2, 0.25) is 0 Å². The largest absolute Gasteiger partial charge is 0.348 e. The molecule has 4 heterocycles. The molecule has 0 spiro atoms. The highest BCUT2D eigenvalue weighted by molar-refractivity contribution is 5.94. The first-order valence-electron chi connectivity index (χ1n) is 12.7. The number of fused-ring (bicyclic) bond motifs is 1. The summed E-state index contributed by atoms with van der Waals surface area (Å²) in [4.78, 5) is 24.9. The van der Waals surface area contributed by atoms with Gasteiger partial charge in [-0.05, 0) is 96.5 Å². The number of carbonyl (C=O) groups excluding carboxylic acids is 1. The van der Waals surface area contributed by atoms with Crippen LogP contribution in [0.3, 0.4) is 0 Å². The molecule has 0 unspecified atom stereocenters. The van der Waals surface area contributed by atoms with E-state index in [1.807, 2.05) is 34.9 Å². The van der Waals surface area contributed by atoms with Crippen molar-refractivity contribution in [1.82, 2.24) is 24.6 Å². The van der Waals surface area contributed by atoms with Gasteiger partial charge in [0.1, 0.15) is 17.2 Å². The molecule has 1 fully saturated rings. The van der Waals surface area contributed by atoms with E-state index in [-0.39, 0.29) is 28.8 Å². The molecule has 1 amide bonds. The normalized spacial score (nSPS) is 17.7. The monoisotopic (exact) mass is 499 g/mol. The van der Waals surface area contributed by atoms with Crippen molar-refractivity contribution < 1.29 is 9.18 Å². The number of nitrogens with zero attached hydrogens (tertiary/aromatic N) is 4. The van der Waals surface area contributed by atoms with E-state index >= 15 is 0 Å². The second-order valence-corrected chi connectivity index (χ2v) is 11.4. The van der Waals surface area contributed by atoms with Gasteiger partial charge in [-0.3, -0.25) is 19.1 Å². The maximum atomic E-state index is 13.9. The number of aryl methyl sites for hydroxylation is 1. The molecule has 6 nitrogen and oxygen atoms in total. The highest BCUT2D eigenvalue weighted by Gasteiger charge is 2.43. The summed E-state index contributed by atoms with van der Waals surface area (Å²) < 4.78 is 15.7. The maximum absolute atomic E-state index is 13.9. The Bertz CT molecular complexity index is 1470. The van der Waals surface area contributed by atoms with Crippen molar-refractivity contribution in [3.8, 4) is 22.4 Å². The summed E-state index contributed by atoms with van der Waals surface area (Å²) in [6.07, 6.45) is 7.04. The highest BCUT2D eigenvalue weighted by atomic mass is 19.1. The number of rotatable bonds is 4. The molecule has 37 heavy (non-hydrogen) atoms. The van der Waals surface area contributed by atoms with Crippen LogP contribution >= 0.6 is 0 Å². The topological polar surface area (TPSA) is 62.5 Å². The van der Waals surface area contributed by atoms with E-state index in [2.05, 4.69) is 54.9 Å². The van der Waals surface area contributed by atoms with E-state index in [1.54, 1.807) is 31.5 Å². The number of hydrogen-bond donors (Lipinski definition) is 1. The van der Waals surface area contributed by atoms with Crippen molar-refractivity contribution in [3.05, 3.63) is 78.1 Å². The van der Waals surface area contributed by atoms with E-state index in [1.165, 1.54) is 6.07 Å². The Kier molecular flexibility index (Phi) is 6.15. The molecule has 0 radical (unpaired) electrons. The summed E-state index contributed by atoms with van der Waals surface area (Å²) >= 11 is 0. The number of hydrogen-bond acceptors (Lipinski definition) is 4. The van der Waals surface area contributed by atoms with Crippen molar-refractivity contribution >= 4 is 11.6 Å². The van der Waals surface area contributed by atoms with E-state index in [0.717, 1.165) is 35.2 Å². The van der Waals surface area contributed by atoms with Crippen LogP contribution in [0.1, 0.15) is 56.6 Å². The molecule has 0 atom stereocenters. The molecule has 5 rings (SSSR count). The molecule has 1 N–H and O–H groups in total. The third kappa shape index (κ3) is 4.64. The van der Waals surface area contributed by atoms with Gasteiger partial charge in [0.25, 0.3) is 5.91 Å². The summed E-state index contributed by atoms with van der Waals surface area (Å²) in [5.41, 5.74) is 5.09. The average Bonchev–Trinajstić information content (AvgIpc) is 3.27. The average molecular weight is 500 g/mol. The van der Waals surface area contributed by atoms with Crippen LogP contribution in [-0.4, -0.2) is 49.3 Å². The van der Waals surface area contributed by atoms with Crippen molar-refractivity contribution in [3.63, 3.8) is 0 Å². The van der Waals surface area contributed by atoms with Gasteiger partial charge in [0, 0.05) is 46.2 Å². The number of benzene rings is 1. The van der Waals surface area contributed by atoms with E-state index in [9.17, 15) is 9.18 Å². The summed E-state index contributed by atoms with van der Waals surface area (Å²) in [7, 11) is 2.16. The first kappa shape index (κ1) is 25.1. The van der Waals surface area contributed by atoms with Crippen LogP contribution in [0, 0.1) is 12.7 Å². The summed E-state index contributed by atoms with van der Waals surface area (Å²) in [5, 5.41) is 3.28. The fourth-order valence-corrected chi connectivity index (χ4v) is 5.70. The van der Waals surface area contributed by atoms with Crippen LogP contribution in [0.5, 0.6) is 0 Å². The molecule has 1 aliphatic heterocycles. The zero-order valence-corrected chi connectivity index (χ0v) is 22.3.